The summed E-state index contributed by atoms with van der Waals surface area (Å²) >= 11 is 0. The van der Waals surface area contributed by atoms with Gasteiger partial charge in [0, 0.05) is 18.0 Å². The summed E-state index contributed by atoms with van der Waals surface area (Å²) in [5.41, 5.74) is 0.390. The van der Waals surface area contributed by atoms with Crippen molar-refractivity contribution < 1.29 is 28.2 Å². The maximum atomic E-state index is 12.6. The molecule has 1 aliphatic rings. The third-order valence-electron chi connectivity index (χ3n) is 4.42. The number of hydrogen-bond acceptors (Lipinski definition) is 7. The highest BCUT2D eigenvalue weighted by Crippen LogP contribution is 2.31. The third kappa shape index (κ3) is 3.46. The van der Waals surface area contributed by atoms with Gasteiger partial charge in [0.1, 0.15) is 36.2 Å². The second-order valence-electron chi connectivity index (χ2n) is 6.27. The monoisotopic (exact) mass is 392 g/mol. The lowest BCUT2D eigenvalue weighted by molar-refractivity contribution is 0.0472. The standard InChI is InChI=1S/C21H16N2O6/c1-13-19(15(11-22)20(29-13)23-6-2-3-7-23)21(25)28-12-16(24)14-4-5-17-18(10-14)27-9-8-26-17/h2-7,10H,8-9,12H2,1H3. The molecule has 0 bridgehead atoms. The number of rotatable bonds is 5. The van der Waals surface area contributed by atoms with E-state index < -0.39 is 18.4 Å². The fourth-order valence-electron chi connectivity index (χ4n) is 3.03. The Morgan fingerprint density at radius 3 is 2.62 bits per heavy atom. The number of nitriles is 1. The van der Waals surface area contributed by atoms with Crippen LogP contribution in [0.15, 0.2) is 47.1 Å². The Balaban J connectivity index is 1.50. The maximum Gasteiger partial charge on any atom is 0.343 e. The van der Waals surface area contributed by atoms with Gasteiger partial charge in [0.05, 0.1) is 0 Å². The average Bonchev–Trinajstić information content (AvgIpc) is 3.38. The van der Waals surface area contributed by atoms with Gasteiger partial charge in [0.2, 0.25) is 5.88 Å². The summed E-state index contributed by atoms with van der Waals surface area (Å²) in [5, 5.41) is 9.50. The Kier molecular flexibility index (Phi) is 4.79. The lowest BCUT2D eigenvalue weighted by Crippen LogP contribution is -2.17. The van der Waals surface area contributed by atoms with E-state index in [0.717, 1.165) is 0 Å². The van der Waals surface area contributed by atoms with E-state index in [0.29, 0.717) is 30.3 Å². The molecule has 3 aromatic rings. The van der Waals surface area contributed by atoms with Gasteiger partial charge in [-0.25, -0.2) is 4.79 Å². The second-order valence-corrected chi connectivity index (χ2v) is 6.27. The molecule has 0 aliphatic carbocycles. The number of esters is 1. The summed E-state index contributed by atoms with van der Waals surface area (Å²) < 4.78 is 23.2. The third-order valence-corrected chi connectivity index (χ3v) is 4.42. The van der Waals surface area contributed by atoms with Crippen LogP contribution in [-0.2, 0) is 4.74 Å². The Morgan fingerprint density at radius 2 is 1.90 bits per heavy atom. The first-order chi connectivity index (χ1) is 14.1. The summed E-state index contributed by atoms with van der Waals surface area (Å²) in [4.78, 5) is 25.0. The average molecular weight is 392 g/mol. The molecule has 3 heterocycles. The van der Waals surface area contributed by atoms with E-state index in [1.807, 2.05) is 6.07 Å². The lowest BCUT2D eigenvalue weighted by Gasteiger charge is -2.18. The van der Waals surface area contributed by atoms with Crippen LogP contribution in [-0.4, -0.2) is 36.1 Å². The van der Waals surface area contributed by atoms with Crippen LogP contribution in [0.25, 0.3) is 5.88 Å². The quantitative estimate of drug-likeness (QED) is 0.485. The van der Waals surface area contributed by atoms with Crippen molar-refractivity contribution in [2.24, 2.45) is 0 Å². The molecule has 0 radical (unpaired) electrons. The van der Waals surface area contributed by atoms with Crippen molar-refractivity contribution >= 4 is 11.8 Å². The number of benzene rings is 1. The minimum Gasteiger partial charge on any atom is -0.486 e. The molecular weight excluding hydrogens is 376 g/mol. The van der Waals surface area contributed by atoms with Gasteiger partial charge >= 0.3 is 5.97 Å². The van der Waals surface area contributed by atoms with Crippen LogP contribution in [0, 0.1) is 18.3 Å². The van der Waals surface area contributed by atoms with Crippen molar-refractivity contribution in [1.82, 2.24) is 4.57 Å². The lowest BCUT2D eigenvalue weighted by atomic mass is 10.1. The number of aromatic nitrogens is 1. The number of nitrogens with zero attached hydrogens (tertiary/aromatic N) is 2. The molecule has 1 aliphatic heterocycles. The van der Waals surface area contributed by atoms with Gasteiger partial charge in [-0.1, -0.05) is 0 Å². The first-order valence-electron chi connectivity index (χ1n) is 8.85. The highest BCUT2D eigenvalue weighted by atomic mass is 16.6. The summed E-state index contributed by atoms with van der Waals surface area (Å²) in [7, 11) is 0. The van der Waals surface area contributed by atoms with Crippen LogP contribution in [0.2, 0.25) is 0 Å². The zero-order valence-corrected chi connectivity index (χ0v) is 15.5. The van der Waals surface area contributed by atoms with E-state index in [1.165, 1.54) is 0 Å². The predicted molar refractivity (Wildman–Crippen MR) is 99.5 cm³/mol. The fraction of sp³-hybridized carbons (Fsp3) is 0.190. The molecule has 0 fully saturated rings. The summed E-state index contributed by atoms with van der Waals surface area (Å²) in [6, 6.07) is 10.3. The van der Waals surface area contributed by atoms with Gasteiger partial charge in [-0.05, 0) is 37.3 Å². The molecule has 8 nitrogen and oxygen atoms in total. The van der Waals surface area contributed by atoms with Crippen molar-refractivity contribution in [3.8, 4) is 23.5 Å². The number of Topliss-reactive ketones (excluding diaryl/α,β-unsaturated/α-hetero) is 1. The van der Waals surface area contributed by atoms with Gasteiger partial charge < -0.3 is 18.6 Å². The van der Waals surface area contributed by atoms with Gasteiger partial charge in [0.25, 0.3) is 0 Å². The molecule has 29 heavy (non-hydrogen) atoms. The first-order valence-corrected chi connectivity index (χ1v) is 8.85. The summed E-state index contributed by atoms with van der Waals surface area (Å²) in [6.45, 7) is 1.94. The minimum absolute atomic E-state index is 0.00572. The molecular formula is C21H16N2O6. The normalized spacial score (nSPS) is 12.3. The molecule has 0 amide bonds. The zero-order valence-electron chi connectivity index (χ0n) is 15.5. The first kappa shape index (κ1) is 18.4. The molecule has 4 rings (SSSR count). The number of aryl methyl sites for hydroxylation is 1. The Labute approximate surface area is 165 Å². The number of carbonyl (C=O) groups is 2. The van der Waals surface area contributed by atoms with Crippen molar-refractivity contribution in [3.05, 3.63) is 65.2 Å². The highest BCUT2D eigenvalue weighted by molar-refractivity contribution is 6.00. The Morgan fingerprint density at radius 1 is 1.17 bits per heavy atom. The second kappa shape index (κ2) is 7.56. The molecule has 0 saturated heterocycles. The SMILES string of the molecule is Cc1oc(-n2cccc2)c(C#N)c1C(=O)OCC(=O)c1ccc2c(c1)OCCO2. The molecule has 0 N–H and O–H groups in total. The van der Waals surface area contributed by atoms with Crippen LogP contribution in [0.1, 0.15) is 32.0 Å². The highest BCUT2D eigenvalue weighted by Gasteiger charge is 2.26. The number of hydrogen-bond donors (Lipinski definition) is 0. The molecule has 146 valence electrons. The molecule has 2 aromatic heterocycles. The van der Waals surface area contributed by atoms with Crippen molar-refractivity contribution in [2.45, 2.75) is 6.92 Å². The van der Waals surface area contributed by atoms with E-state index in [1.54, 1.807) is 54.2 Å². The van der Waals surface area contributed by atoms with Crippen molar-refractivity contribution in [3.63, 3.8) is 0 Å². The Hall–Kier alpha value is -3.99. The molecule has 0 unspecified atom stereocenters. The molecule has 0 saturated carbocycles. The van der Waals surface area contributed by atoms with E-state index in [2.05, 4.69) is 0 Å². The smallest absolute Gasteiger partial charge is 0.343 e. The number of fused-ring (bicyclic) bond motifs is 1. The molecule has 0 atom stereocenters. The van der Waals surface area contributed by atoms with Crippen LogP contribution in [0.5, 0.6) is 11.5 Å². The number of ether oxygens (including phenoxy) is 3. The number of carbonyl (C=O) groups excluding carboxylic acids is 2. The van der Waals surface area contributed by atoms with Gasteiger partial charge in [-0.15, -0.1) is 0 Å². The van der Waals surface area contributed by atoms with E-state index >= 15 is 0 Å². The van der Waals surface area contributed by atoms with E-state index in [4.69, 9.17) is 18.6 Å². The van der Waals surface area contributed by atoms with Crippen LogP contribution in [0.3, 0.4) is 0 Å². The maximum absolute atomic E-state index is 12.6. The molecule has 0 spiro atoms. The summed E-state index contributed by atoms with van der Waals surface area (Å²) in [5.74, 6) is 0.298. The topological polar surface area (TPSA) is 104 Å². The molecule has 8 heteroatoms. The fourth-order valence-corrected chi connectivity index (χ4v) is 3.03. The largest absolute Gasteiger partial charge is 0.486 e. The van der Waals surface area contributed by atoms with Crippen LogP contribution < -0.4 is 9.47 Å². The van der Waals surface area contributed by atoms with E-state index in [-0.39, 0.29) is 22.8 Å². The zero-order chi connectivity index (χ0) is 20.4. The van der Waals surface area contributed by atoms with Gasteiger partial charge in [-0.2, -0.15) is 5.26 Å². The Bertz CT molecular complexity index is 1120. The predicted octanol–water partition coefficient (Wildman–Crippen LogP) is 3.06. The van der Waals surface area contributed by atoms with E-state index in [9.17, 15) is 14.9 Å². The molecule has 1 aromatic carbocycles. The number of ketones is 1. The van der Waals surface area contributed by atoms with Gasteiger partial charge in [0.15, 0.2) is 23.9 Å². The minimum atomic E-state index is -0.799. The summed E-state index contributed by atoms with van der Waals surface area (Å²) in [6.07, 6.45) is 3.39. The van der Waals surface area contributed by atoms with Crippen molar-refractivity contribution in [2.75, 3.05) is 19.8 Å². The van der Waals surface area contributed by atoms with Crippen LogP contribution in [0.4, 0.5) is 0 Å². The van der Waals surface area contributed by atoms with Crippen molar-refractivity contribution in [1.29, 1.82) is 5.26 Å². The van der Waals surface area contributed by atoms with Gasteiger partial charge in [-0.3, -0.25) is 9.36 Å². The number of furan rings is 1. The van der Waals surface area contributed by atoms with Crippen LogP contribution >= 0.6 is 0 Å².